The molecule has 3 aliphatic rings. The first-order chi connectivity index (χ1) is 16.4. The quantitative estimate of drug-likeness (QED) is 0.426. The predicted octanol–water partition coefficient (Wildman–Crippen LogP) is 0.391. The number of nitrogens with zero attached hydrogens (tertiary/aromatic N) is 2. The van der Waals surface area contributed by atoms with Crippen molar-refractivity contribution >= 4 is 35.3 Å². The SMILES string of the molecule is COC(=O)c1cc(CNc2ccc3c(c2)C(=O)N(C2CCC(=O)NC2=O)C3=O)n2c1CNCC2. The average molecular weight is 465 g/mol. The molecule has 0 aliphatic carbocycles. The lowest BCUT2D eigenvalue weighted by atomic mass is 10.0. The molecule has 4 amide bonds. The first-order valence-corrected chi connectivity index (χ1v) is 11.0. The number of fused-ring (bicyclic) bond motifs is 2. The Labute approximate surface area is 194 Å². The van der Waals surface area contributed by atoms with E-state index in [1.54, 1.807) is 24.3 Å². The molecule has 0 radical (unpaired) electrons. The summed E-state index contributed by atoms with van der Waals surface area (Å²) >= 11 is 0. The number of piperidine rings is 1. The minimum absolute atomic E-state index is 0.0708. The molecule has 11 nitrogen and oxygen atoms in total. The van der Waals surface area contributed by atoms with Crippen LogP contribution in [-0.4, -0.2) is 58.8 Å². The van der Waals surface area contributed by atoms with Gasteiger partial charge < -0.3 is 19.9 Å². The summed E-state index contributed by atoms with van der Waals surface area (Å²) in [5.41, 5.74) is 3.32. The van der Waals surface area contributed by atoms with Gasteiger partial charge >= 0.3 is 5.97 Å². The molecule has 1 saturated heterocycles. The second-order valence-corrected chi connectivity index (χ2v) is 8.38. The Hall–Kier alpha value is -3.99. The summed E-state index contributed by atoms with van der Waals surface area (Å²) in [7, 11) is 1.35. The highest BCUT2D eigenvalue weighted by Gasteiger charge is 2.44. The molecule has 3 N–H and O–H groups in total. The number of hydrogen-bond acceptors (Lipinski definition) is 8. The zero-order valence-electron chi connectivity index (χ0n) is 18.5. The summed E-state index contributed by atoms with van der Waals surface area (Å²) in [6.45, 7) is 2.44. The number of aromatic nitrogens is 1. The maximum Gasteiger partial charge on any atom is 0.339 e. The largest absolute Gasteiger partial charge is 0.465 e. The molecule has 3 aliphatic heterocycles. The Morgan fingerprint density at radius 3 is 2.71 bits per heavy atom. The van der Waals surface area contributed by atoms with E-state index in [-0.39, 0.29) is 24.0 Å². The van der Waals surface area contributed by atoms with Crippen LogP contribution in [0, 0.1) is 0 Å². The van der Waals surface area contributed by atoms with Crippen molar-refractivity contribution in [3.63, 3.8) is 0 Å². The van der Waals surface area contributed by atoms with E-state index < -0.39 is 35.6 Å². The number of carbonyl (C=O) groups is 5. The van der Waals surface area contributed by atoms with Crippen molar-refractivity contribution in [1.29, 1.82) is 0 Å². The first-order valence-electron chi connectivity index (χ1n) is 11.0. The summed E-state index contributed by atoms with van der Waals surface area (Å²) in [5.74, 6) is -2.55. The fourth-order valence-electron chi connectivity index (χ4n) is 4.72. The third kappa shape index (κ3) is 3.54. The predicted molar refractivity (Wildman–Crippen MR) is 118 cm³/mol. The summed E-state index contributed by atoms with van der Waals surface area (Å²) in [4.78, 5) is 62.6. The topological polar surface area (TPSA) is 139 Å². The van der Waals surface area contributed by atoms with Crippen molar-refractivity contribution in [2.24, 2.45) is 0 Å². The van der Waals surface area contributed by atoms with E-state index in [0.29, 0.717) is 30.9 Å². The van der Waals surface area contributed by atoms with Crippen molar-refractivity contribution in [2.45, 2.75) is 38.5 Å². The summed E-state index contributed by atoms with van der Waals surface area (Å²) in [6.07, 6.45) is 0.180. The Kier molecular flexibility index (Phi) is 5.40. The number of hydrogen-bond donors (Lipinski definition) is 3. The van der Waals surface area contributed by atoms with Gasteiger partial charge in [0.15, 0.2) is 0 Å². The number of esters is 1. The summed E-state index contributed by atoms with van der Waals surface area (Å²) < 4.78 is 6.97. The lowest BCUT2D eigenvalue weighted by Crippen LogP contribution is -2.54. The van der Waals surface area contributed by atoms with Gasteiger partial charge in [-0.25, -0.2) is 4.79 Å². The number of imide groups is 2. The van der Waals surface area contributed by atoms with Crippen molar-refractivity contribution < 1.29 is 28.7 Å². The standard InChI is InChI=1S/C23H23N5O6/c1-34-23(33)16-9-13(27-7-6-24-11-18(16)27)10-25-12-2-3-14-15(8-12)22(32)28(21(14)31)17-4-5-19(29)26-20(17)30/h2-3,8-9,17,24-25H,4-7,10-11H2,1H3,(H,26,29,30). The molecule has 4 heterocycles. The maximum atomic E-state index is 13.0. The van der Waals surface area contributed by atoms with Crippen LogP contribution in [0.5, 0.6) is 0 Å². The number of methoxy groups -OCH3 is 1. The zero-order valence-corrected chi connectivity index (χ0v) is 18.5. The lowest BCUT2D eigenvalue weighted by molar-refractivity contribution is -0.136. The van der Waals surface area contributed by atoms with E-state index in [1.165, 1.54) is 7.11 Å². The zero-order chi connectivity index (χ0) is 24.0. The fourth-order valence-corrected chi connectivity index (χ4v) is 4.72. The molecular formula is C23H23N5O6. The van der Waals surface area contributed by atoms with Crippen LogP contribution in [0.15, 0.2) is 24.3 Å². The van der Waals surface area contributed by atoms with Gasteiger partial charge in [-0.2, -0.15) is 0 Å². The Bertz CT molecular complexity index is 1250. The Balaban J connectivity index is 1.36. The van der Waals surface area contributed by atoms with Gasteiger partial charge in [0.25, 0.3) is 11.8 Å². The van der Waals surface area contributed by atoms with Crippen LogP contribution in [0.1, 0.15) is 55.3 Å². The first kappa shape index (κ1) is 21.8. The fraction of sp³-hybridized carbons (Fsp3) is 0.348. The molecular weight excluding hydrogens is 442 g/mol. The van der Waals surface area contributed by atoms with Crippen LogP contribution in [0.4, 0.5) is 5.69 Å². The molecule has 2 aromatic rings. The van der Waals surface area contributed by atoms with Crippen molar-refractivity contribution in [2.75, 3.05) is 19.0 Å². The number of rotatable bonds is 5. The van der Waals surface area contributed by atoms with Gasteiger partial charge in [-0.3, -0.25) is 29.4 Å². The highest BCUT2D eigenvalue weighted by Crippen LogP contribution is 2.30. The van der Waals surface area contributed by atoms with E-state index >= 15 is 0 Å². The molecule has 5 rings (SSSR count). The van der Waals surface area contributed by atoms with Gasteiger partial charge in [0.05, 0.1) is 30.3 Å². The lowest BCUT2D eigenvalue weighted by Gasteiger charge is -2.27. The van der Waals surface area contributed by atoms with Gasteiger partial charge in [0, 0.05) is 43.1 Å². The Morgan fingerprint density at radius 2 is 1.94 bits per heavy atom. The second-order valence-electron chi connectivity index (χ2n) is 8.38. The van der Waals surface area contributed by atoms with Crippen LogP contribution in [0.2, 0.25) is 0 Å². The normalized spacial score (nSPS) is 19.6. The molecule has 1 fully saturated rings. The molecule has 1 aromatic carbocycles. The number of benzene rings is 1. The van der Waals surface area contributed by atoms with Crippen LogP contribution >= 0.6 is 0 Å². The maximum absolute atomic E-state index is 13.0. The van der Waals surface area contributed by atoms with Crippen LogP contribution in [0.25, 0.3) is 0 Å². The highest BCUT2D eigenvalue weighted by atomic mass is 16.5. The molecule has 0 bridgehead atoms. The van der Waals surface area contributed by atoms with Crippen molar-refractivity contribution in [3.8, 4) is 0 Å². The van der Waals surface area contributed by atoms with Crippen LogP contribution in [0.3, 0.4) is 0 Å². The minimum atomic E-state index is -1.00. The molecule has 0 spiro atoms. The summed E-state index contributed by atoms with van der Waals surface area (Å²) in [5, 5.41) is 8.69. The molecule has 1 unspecified atom stereocenters. The monoisotopic (exact) mass is 465 g/mol. The van der Waals surface area contributed by atoms with E-state index in [2.05, 4.69) is 20.5 Å². The molecule has 11 heteroatoms. The van der Waals surface area contributed by atoms with Crippen LogP contribution in [-0.2, 0) is 34.0 Å². The van der Waals surface area contributed by atoms with E-state index in [4.69, 9.17) is 4.74 Å². The van der Waals surface area contributed by atoms with Crippen LogP contribution < -0.4 is 16.0 Å². The molecule has 34 heavy (non-hydrogen) atoms. The van der Waals surface area contributed by atoms with Crippen molar-refractivity contribution in [1.82, 2.24) is 20.1 Å². The number of carbonyl (C=O) groups excluding carboxylic acids is 5. The number of anilines is 1. The second kappa shape index (κ2) is 8.41. The Morgan fingerprint density at radius 1 is 1.15 bits per heavy atom. The number of nitrogens with one attached hydrogen (secondary N) is 3. The number of ether oxygens (including phenoxy) is 1. The van der Waals surface area contributed by atoms with Gasteiger partial charge in [-0.05, 0) is 30.7 Å². The highest BCUT2D eigenvalue weighted by molar-refractivity contribution is 6.23. The molecule has 0 saturated carbocycles. The van der Waals surface area contributed by atoms with E-state index in [0.717, 1.165) is 22.8 Å². The van der Waals surface area contributed by atoms with Gasteiger partial charge in [0.1, 0.15) is 6.04 Å². The average Bonchev–Trinajstić information content (AvgIpc) is 3.33. The minimum Gasteiger partial charge on any atom is -0.465 e. The molecule has 1 atom stereocenters. The summed E-state index contributed by atoms with van der Waals surface area (Å²) in [6, 6.07) is 5.64. The van der Waals surface area contributed by atoms with Gasteiger partial charge in [-0.15, -0.1) is 0 Å². The van der Waals surface area contributed by atoms with Gasteiger partial charge in [-0.1, -0.05) is 0 Å². The van der Waals surface area contributed by atoms with Gasteiger partial charge in [0.2, 0.25) is 11.8 Å². The molecule has 176 valence electrons. The smallest absolute Gasteiger partial charge is 0.339 e. The number of amides is 4. The van der Waals surface area contributed by atoms with Crippen molar-refractivity contribution in [3.05, 3.63) is 52.3 Å². The van der Waals surface area contributed by atoms with E-state index in [9.17, 15) is 24.0 Å². The van der Waals surface area contributed by atoms with E-state index in [1.807, 2.05) is 0 Å². The molecule has 1 aromatic heterocycles. The third-order valence-corrected chi connectivity index (χ3v) is 6.42. The third-order valence-electron chi connectivity index (χ3n) is 6.42.